The molecule has 0 bridgehead atoms. The van der Waals surface area contributed by atoms with Crippen molar-refractivity contribution >= 4 is 23.5 Å². The van der Waals surface area contributed by atoms with Crippen LogP contribution in [0.15, 0.2) is 48.5 Å². The van der Waals surface area contributed by atoms with Gasteiger partial charge in [0.05, 0.1) is 30.9 Å². The Morgan fingerprint density at radius 1 is 0.971 bits per heavy atom. The Balaban J connectivity index is 1.77. The molecule has 1 amide bonds. The quantitative estimate of drug-likeness (QED) is 0.417. The number of ether oxygens (including phenoxy) is 2. The van der Waals surface area contributed by atoms with Gasteiger partial charge in [0.1, 0.15) is 6.61 Å². The SMILES string of the molecule is CCOC(=O)c1cccc(C)c1NC(=O)C(CC)[N+]1(CC(=O)OCc2ccccc2)CCCC1. The van der Waals surface area contributed by atoms with Crippen molar-refractivity contribution in [2.24, 2.45) is 0 Å². The number of likely N-dealkylation sites (tertiary alicyclic amines) is 1. The fourth-order valence-corrected chi connectivity index (χ4v) is 4.83. The summed E-state index contributed by atoms with van der Waals surface area (Å²) in [6, 6.07) is 14.4. The van der Waals surface area contributed by atoms with E-state index in [4.69, 9.17) is 9.47 Å². The maximum absolute atomic E-state index is 13.6. The highest BCUT2D eigenvalue weighted by Gasteiger charge is 2.45. The summed E-state index contributed by atoms with van der Waals surface area (Å²) in [6.07, 6.45) is 2.47. The van der Waals surface area contributed by atoms with Crippen molar-refractivity contribution < 1.29 is 28.3 Å². The number of aryl methyl sites for hydroxylation is 1. The number of esters is 2. The Bertz CT molecular complexity index is 999. The number of anilines is 1. The van der Waals surface area contributed by atoms with E-state index in [0.29, 0.717) is 22.2 Å². The smallest absolute Gasteiger partial charge is 0.362 e. The lowest BCUT2D eigenvalue weighted by atomic mass is 10.1. The Morgan fingerprint density at radius 2 is 1.68 bits per heavy atom. The Hall–Kier alpha value is -3.19. The monoisotopic (exact) mass is 467 g/mol. The molecule has 1 N–H and O–H groups in total. The van der Waals surface area contributed by atoms with E-state index in [2.05, 4.69) is 5.32 Å². The largest absolute Gasteiger partial charge is 0.462 e. The minimum Gasteiger partial charge on any atom is -0.462 e. The van der Waals surface area contributed by atoms with Crippen LogP contribution in [0.5, 0.6) is 0 Å². The number of carbonyl (C=O) groups excluding carboxylic acids is 3. The topological polar surface area (TPSA) is 81.7 Å². The molecule has 0 aromatic heterocycles. The average molecular weight is 468 g/mol. The van der Waals surface area contributed by atoms with Gasteiger partial charge in [0.2, 0.25) is 0 Å². The summed E-state index contributed by atoms with van der Waals surface area (Å²) in [5, 5.41) is 2.99. The van der Waals surface area contributed by atoms with Gasteiger partial charge in [-0.3, -0.25) is 4.79 Å². The normalized spacial score (nSPS) is 15.4. The van der Waals surface area contributed by atoms with Crippen molar-refractivity contribution in [3.8, 4) is 0 Å². The Kier molecular flexibility index (Phi) is 8.82. The molecule has 0 saturated carbocycles. The van der Waals surface area contributed by atoms with Crippen molar-refractivity contribution in [2.45, 2.75) is 52.7 Å². The van der Waals surface area contributed by atoms with Gasteiger partial charge in [0.15, 0.2) is 12.6 Å². The van der Waals surface area contributed by atoms with Crippen LogP contribution in [-0.4, -0.2) is 54.6 Å². The molecular weight excluding hydrogens is 432 g/mol. The molecule has 1 heterocycles. The van der Waals surface area contributed by atoms with E-state index in [1.54, 1.807) is 19.1 Å². The molecule has 1 saturated heterocycles. The molecule has 0 spiro atoms. The molecular formula is C27H35N2O5+. The van der Waals surface area contributed by atoms with Gasteiger partial charge < -0.3 is 19.3 Å². The first kappa shape index (κ1) is 25.4. The maximum atomic E-state index is 13.6. The van der Waals surface area contributed by atoms with Gasteiger partial charge in [-0.2, -0.15) is 0 Å². The fourth-order valence-electron chi connectivity index (χ4n) is 4.83. The summed E-state index contributed by atoms with van der Waals surface area (Å²) in [7, 11) is 0. The first-order valence-electron chi connectivity index (χ1n) is 12.0. The highest BCUT2D eigenvalue weighted by molar-refractivity contribution is 6.03. The molecule has 1 fully saturated rings. The predicted molar refractivity (Wildman–Crippen MR) is 130 cm³/mol. The lowest BCUT2D eigenvalue weighted by Crippen LogP contribution is -2.60. The molecule has 3 rings (SSSR count). The third-order valence-electron chi connectivity index (χ3n) is 6.51. The van der Waals surface area contributed by atoms with Gasteiger partial charge in [-0.1, -0.05) is 49.4 Å². The minimum absolute atomic E-state index is 0.150. The number of hydrogen-bond acceptors (Lipinski definition) is 5. The van der Waals surface area contributed by atoms with Crippen LogP contribution in [0.3, 0.4) is 0 Å². The number of nitrogens with one attached hydrogen (secondary N) is 1. The Morgan fingerprint density at radius 3 is 2.32 bits per heavy atom. The number of hydrogen-bond donors (Lipinski definition) is 1. The molecule has 1 aliphatic heterocycles. The van der Waals surface area contributed by atoms with E-state index >= 15 is 0 Å². The Labute approximate surface area is 201 Å². The van der Waals surface area contributed by atoms with Crippen LogP contribution >= 0.6 is 0 Å². The average Bonchev–Trinajstić information content (AvgIpc) is 3.29. The van der Waals surface area contributed by atoms with E-state index in [1.165, 1.54) is 0 Å². The van der Waals surface area contributed by atoms with Crippen LogP contribution in [0.4, 0.5) is 5.69 Å². The standard InChI is InChI=1S/C27H34N2O5/c1-4-23(26(31)28-25-20(3)12-11-15-22(25)27(32)33-5-2)29(16-9-10-17-29)18-24(30)34-19-21-13-7-6-8-14-21/h6-8,11-15,23H,4-5,9-10,16-19H2,1-3H3/p+1. The summed E-state index contributed by atoms with van der Waals surface area (Å²) >= 11 is 0. The van der Waals surface area contributed by atoms with Gasteiger partial charge in [0.25, 0.3) is 5.91 Å². The molecule has 2 aromatic carbocycles. The third kappa shape index (κ3) is 6.03. The van der Waals surface area contributed by atoms with E-state index in [0.717, 1.165) is 37.1 Å². The van der Waals surface area contributed by atoms with Gasteiger partial charge in [-0.05, 0) is 31.0 Å². The number of quaternary nitrogens is 1. The highest BCUT2D eigenvalue weighted by atomic mass is 16.5. The van der Waals surface area contributed by atoms with Crippen LogP contribution in [0.1, 0.15) is 54.6 Å². The second kappa shape index (κ2) is 11.8. The van der Waals surface area contributed by atoms with Crippen LogP contribution < -0.4 is 5.32 Å². The lowest BCUT2D eigenvalue weighted by molar-refractivity contribution is -0.924. The number of para-hydroxylation sites is 1. The summed E-state index contributed by atoms with van der Waals surface area (Å²) in [5.74, 6) is -0.968. The zero-order valence-corrected chi connectivity index (χ0v) is 20.3. The molecule has 7 nitrogen and oxygen atoms in total. The van der Waals surface area contributed by atoms with Gasteiger partial charge in [-0.15, -0.1) is 0 Å². The van der Waals surface area contributed by atoms with Gasteiger partial charge in [0, 0.05) is 19.3 Å². The molecule has 0 radical (unpaired) electrons. The first-order valence-corrected chi connectivity index (χ1v) is 12.0. The number of carbonyl (C=O) groups is 3. The third-order valence-corrected chi connectivity index (χ3v) is 6.51. The number of rotatable bonds is 10. The van der Waals surface area contributed by atoms with Crippen molar-refractivity contribution in [2.75, 3.05) is 31.6 Å². The van der Waals surface area contributed by atoms with Gasteiger partial charge in [-0.25, -0.2) is 9.59 Å². The van der Waals surface area contributed by atoms with Crippen molar-refractivity contribution in [1.82, 2.24) is 0 Å². The van der Waals surface area contributed by atoms with E-state index < -0.39 is 12.0 Å². The predicted octanol–water partition coefficient (Wildman–Crippen LogP) is 4.24. The van der Waals surface area contributed by atoms with Crippen LogP contribution in [-0.2, 0) is 25.7 Å². The maximum Gasteiger partial charge on any atom is 0.362 e. The number of amides is 1. The van der Waals surface area contributed by atoms with Crippen molar-refractivity contribution in [1.29, 1.82) is 0 Å². The van der Waals surface area contributed by atoms with Crippen LogP contribution in [0, 0.1) is 6.92 Å². The van der Waals surface area contributed by atoms with Gasteiger partial charge >= 0.3 is 11.9 Å². The zero-order valence-electron chi connectivity index (χ0n) is 20.3. The van der Waals surface area contributed by atoms with E-state index in [1.807, 2.05) is 50.2 Å². The molecule has 1 aliphatic rings. The molecule has 1 unspecified atom stereocenters. The number of benzene rings is 2. The number of nitrogens with zero attached hydrogens (tertiary/aromatic N) is 1. The van der Waals surface area contributed by atoms with E-state index in [9.17, 15) is 14.4 Å². The molecule has 7 heteroatoms. The molecule has 34 heavy (non-hydrogen) atoms. The second-order valence-electron chi connectivity index (χ2n) is 8.81. The minimum atomic E-state index is -0.468. The summed E-state index contributed by atoms with van der Waals surface area (Å²) in [5.41, 5.74) is 2.51. The van der Waals surface area contributed by atoms with Crippen molar-refractivity contribution in [3.63, 3.8) is 0 Å². The zero-order chi connectivity index (χ0) is 24.6. The van der Waals surface area contributed by atoms with E-state index in [-0.39, 0.29) is 31.6 Å². The molecule has 2 aromatic rings. The fraction of sp³-hybridized carbons (Fsp3) is 0.444. The first-order chi connectivity index (χ1) is 16.4. The highest BCUT2D eigenvalue weighted by Crippen LogP contribution is 2.29. The summed E-state index contributed by atoms with van der Waals surface area (Å²) < 4.78 is 11.1. The van der Waals surface area contributed by atoms with Crippen molar-refractivity contribution in [3.05, 3.63) is 65.2 Å². The second-order valence-corrected chi connectivity index (χ2v) is 8.81. The molecule has 1 atom stereocenters. The lowest BCUT2D eigenvalue weighted by Gasteiger charge is -2.39. The summed E-state index contributed by atoms with van der Waals surface area (Å²) in [6.45, 7) is 7.66. The summed E-state index contributed by atoms with van der Waals surface area (Å²) in [4.78, 5) is 38.8. The molecule has 182 valence electrons. The molecule has 0 aliphatic carbocycles. The van der Waals surface area contributed by atoms with Crippen LogP contribution in [0.2, 0.25) is 0 Å². The van der Waals surface area contributed by atoms with Crippen LogP contribution in [0.25, 0.3) is 0 Å².